The van der Waals surface area contributed by atoms with E-state index >= 15 is 0 Å². The fourth-order valence-electron chi connectivity index (χ4n) is 1.68. The largest absolute Gasteiger partial charge is 0.377 e. The van der Waals surface area contributed by atoms with Gasteiger partial charge in [0.2, 0.25) is 9.84 Å². The zero-order valence-corrected chi connectivity index (χ0v) is 11.1. The molecular weight excluding hydrogens is 292 g/mol. The molecule has 0 saturated carbocycles. The van der Waals surface area contributed by atoms with Crippen molar-refractivity contribution in [2.24, 2.45) is 0 Å². The molecule has 2 rings (SSSR count). The number of hydrogen-bond donors (Lipinski definition) is 0. The molecule has 0 atom stereocenters. The number of ether oxygens (including phenoxy) is 1. The topological polar surface area (TPSA) is 43.4 Å². The maximum atomic E-state index is 11.8. The smallest absolute Gasteiger partial charge is 0.200 e. The molecule has 1 aliphatic rings. The van der Waals surface area contributed by atoms with E-state index in [2.05, 4.69) is 15.9 Å². The first-order valence-electron chi connectivity index (χ1n) is 4.88. The van der Waals surface area contributed by atoms with E-state index in [1.807, 2.05) is 13.0 Å². The standard InChI is InChI=1S/C11H11BrO3S/c1-2-15-6-8-7-16(13,14)10-5-3-4-9(12)11(8)10/h3-5,7H,2,6H2,1H3. The highest BCUT2D eigenvalue weighted by Gasteiger charge is 2.28. The van der Waals surface area contributed by atoms with Crippen LogP contribution in [0.25, 0.3) is 5.57 Å². The van der Waals surface area contributed by atoms with Crippen molar-refractivity contribution in [1.29, 1.82) is 0 Å². The highest BCUT2D eigenvalue weighted by atomic mass is 79.9. The molecule has 1 heterocycles. The van der Waals surface area contributed by atoms with Gasteiger partial charge in [0, 0.05) is 22.1 Å². The Kier molecular flexibility index (Phi) is 3.19. The first kappa shape index (κ1) is 11.8. The molecule has 0 radical (unpaired) electrons. The fraction of sp³-hybridized carbons (Fsp3) is 0.273. The molecule has 3 nitrogen and oxygen atoms in total. The minimum absolute atomic E-state index is 0.325. The molecule has 0 aliphatic carbocycles. The summed E-state index contributed by atoms with van der Waals surface area (Å²) in [6.45, 7) is 2.77. The van der Waals surface area contributed by atoms with Crippen molar-refractivity contribution in [2.75, 3.05) is 13.2 Å². The van der Waals surface area contributed by atoms with E-state index in [0.29, 0.717) is 23.7 Å². The molecule has 86 valence electrons. The molecule has 0 unspecified atom stereocenters. The van der Waals surface area contributed by atoms with Crippen LogP contribution in [0.5, 0.6) is 0 Å². The minimum Gasteiger partial charge on any atom is -0.377 e. The van der Waals surface area contributed by atoms with Crippen molar-refractivity contribution in [3.8, 4) is 0 Å². The monoisotopic (exact) mass is 302 g/mol. The van der Waals surface area contributed by atoms with Gasteiger partial charge in [-0.15, -0.1) is 0 Å². The SMILES string of the molecule is CCOCC1=CS(=O)(=O)c2cccc(Br)c21. The van der Waals surface area contributed by atoms with Gasteiger partial charge in [-0.2, -0.15) is 0 Å². The summed E-state index contributed by atoms with van der Waals surface area (Å²) in [5.41, 5.74) is 1.44. The van der Waals surface area contributed by atoms with Gasteiger partial charge in [-0.1, -0.05) is 22.0 Å². The number of halogens is 1. The van der Waals surface area contributed by atoms with Crippen LogP contribution in [-0.4, -0.2) is 21.6 Å². The highest BCUT2D eigenvalue weighted by molar-refractivity contribution is 9.10. The molecule has 0 aromatic heterocycles. The van der Waals surface area contributed by atoms with E-state index in [4.69, 9.17) is 4.74 Å². The average Bonchev–Trinajstić information content (AvgIpc) is 2.49. The molecule has 0 saturated heterocycles. The van der Waals surface area contributed by atoms with Gasteiger partial charge in [0.25, 0.3) is 0 Å². The predicted octanol–water partition coefficient (Wildman–Crippen LogP) is 2.61. The van der Waals surface area contributed by atoms with Gasteiger partial charge < -0.3 is 4.74 Å². The summed E-state index contributed by atoms with van der Waals surface area (Å²) in [6, 6.07) is 5.17. The molecular formula is C11H11BrO3S. The van der Waals surface area contributed by atoms with E-state index in [9.17, 15) is 8.42 Å². The second-order valence-corrected chi connectivity index (χ2v) is 6.06. The second kappa shape index (κ2) is 4.31. The van der Waals surface area contributed by atoms with Gasteiger partial charge in [-0.25, -0.2) is 8.42 Å². The maximum absolute atomic E-state index is 11.8. The maximum Gasteiger partial charge on any atom is 0.200 e. The molecule has 1 aromatic rings. The molecule has 5 heteroatoms. The molecule has 0 spiro atoms. The number of rotatable bonds is 3. The van der Waals surface area contributed by atoms with Crippen LogP contribution in [0.4, 0.5) is 0 Å². The van der Waals surface area contributed by atoms with Crippen molar-refractivity contribution >= 4 is 31.3 Å². The zero-order valence-electron chi connectivity index (χ0n) is 8.73. The Morgan fingerprint density at radius 2 is 2.12 bits per heavy atom. The Labute approximate surface area is 103 Å². The Morgan fingerprint density at radius 3 is 2.81 bits per heavy atom. The summed E-state index contributed by atoms with van der Waals surface area (Å²) in [4.78, 5) is 0.358. The van der Waals surface area contributed by atoms with Crippen LogP contribution in [0.15, 0.2) is 33.0 Å². The lowest BCUT2D eigenvalue weighted by molar-refractivity contribution is 0.182. The van der Waals surface area contributed by atoms with Crippen LogP contribution < -0.4 is 0 Å². The van der Waals surface area contributed by atoms with Gasteiger partial charge in [-0.05, 0) is 24.6 Å². The Morgan fingerprint density at radius 1 is 1.38 bits per heavy atom. The van der Waals surface area contributed by atoms with Crippen LogP contribution in [0, 0.1) is 0 Å². The van der Waals surface area contributed by atoms with Crippen LogP contribution in [0.2, 0.25) is 0 Å². The normalized spacial score (nSPS) is 17.0. The first-order valence-corrected chi connectivity index (χ1v) is 7.22. The Bertz CT molecular complexity index is 546. The van der Waals surface area contributed by atoms with Crippen molar-refractivity contribution < 1.29 is 13.2 Å². The van der Waals surface area contributed by atoms with Crippen molar-refractivity contribution in [1.82, 2.24) is 0 Å². The summed E-state index contributed by atoms with van der Waals surface area (Å²) in [5.74, 6) is 0. The van der Waals surface area contributed by atoms with Crippen LogP contribution in [-0.2, 0) is 14.6 Å². The van der Waals surface area contributed by atoms with Gasteiger partial charge in [0.15, 0.2) is 0 Å². The molecule has 16 heavy (non-hydrogen) atoms. The van der Waals surface area contributed by atoms with E-state index in [-0.39, 0.29) is 0 Å². The van der Waals surface area contributed by atoms with Crippen LogP contribution >= 0.6 is 15.9 Å². The number of sulfone groups is 1. The third-order valence-corrected chi connectivity index (χ3v) is 4.57. The number of hydrogen-bond acceptors (Lipinski definition) is 3. The average molecular weight is 303 g/mol. The van der Waals surface area contributed by atoms with Crippen molar-refractivity contribution in [2.45, 2.75) is 11.8 Å². The third-order valence-electron chi connectivity index (χ3n) is 2.36. The summed E-state index contributed by atoms with van der Waals surface area (Å²) < 4.78 is 29.7. The second-order valence-electron chi connectivity index (χ2n) is 3.44. The minimum atomic E-state index is -3.28. The van der Waals surface area contributed by atoms with Gasteiger partial charge in [0.05, 0.1) is 11.5 Å². The summed E-state index contributed by atoms with van der Waals surface area (Å²) in [7, 11) is -3.28. The molecule has 0 bridgehead atoms. The Balaban J connectivity index is 2.53. The Hall–Kier alpha value is -0.650. The van der Waals surface area contributed by atoms with Crippen LogP contribution in [0.3, 0.4) is 0 Å². The zero-order chi connectivity index (χ0) is 11.8. The molecule has 1 aliphatic heterocycles. The molecule has 1 aromatic carbocycles. The first-order chi connectivity index (χ1) is 7.56. The van der Waals surface area contributed by atoms with Crippen molar-refractivity contribution in [3.63, 3.8) is 0 Å². The van der Waals surface area contributed by atoms with Gasteiger partial charge in [-0.3, -0.25) is 0 Å². The predicted molar refractivity (Wildman–Crippen MR) is 65.8 cm³/mol. The van der Waals surface area contributed by atoms with Crippen molar-refractivity contribution in [3.05, 3.63) is 33.6 Å². The summed E-state index contributed by atoms with van der Waals surface area (Å²) in [5, 5.41) is 1.29. The lowest BCUT2D eigenvalue weighted by atomic mass is 10.1. The lowest BCUT2D eigenvalue weighted by Crippen LogP contribution is -1.96. The van der Waals surface area contributed by atoms with E-state index in [1.54, 1.807) is 12.1 Å². The number of fused-ring (bicyclic) bond motifs is 1. The summed E-state index contributed by atoms with van der Waals surface area (Å²) >= 11 is 3.37. The van der Waals surface area contributed by atoms with E-state index < -0.39 is 9.84 Å². The van der Waals surface area contributed by atoms with Crippen LogP contribution in [0.1, 0.15) is 12.5 Å². The summed E-state index contributed by atoms with van der Waals surface area (Å²) in [6.07, 6.45) is 0. The van der Waals surface area contributed by atoms with Gasteiger partial charge >= 0.3 is 0 Å². The highest BCUT2D eigenvalue weighted by Crippen LogP contribution is 2.38. The quantitative estimate of drug-likeness (QED) is 0.862. The van der Waals surface area contributed by atoms with E-state index in [1.165, 1.54) is 5.41 Å². The van der Waals surface area contributed by atoms with E-state index in [0.717, 1.165) is 10.0 Å². The lowest BCUT2D eigenvalue weighted by Gasteiger charge is -2.06. The third kappa shape index (κ3) is 1.95. The number of benzene rings is 1. The molecule has 0 N–H and O–H groups in total. The molecule has 0 fully saturated rings. The fourth-order valence-corrected chi connectivity index (χ4v) is 3.91. The van der Waals surface area contributed by atoms with Gasteiger partial charge in [0.1, 0.15) is 0 Å². The molecule has 0 amide bonds.